The van der Waals surface area contributed by atoms with E-state index >= 15 is 0 Å². The summed E-state index contributed by atoms with van der Waals surface area (Å²) in [6, 6.07) is 1.70. The molecule has 94 valence electrons. The van der Waals surface area contributed by atoms with Gasteiger partial charge in [0.25, 0.3) is 0 Å². The Hall–Kier alpha value is -1.69. The average molecular weight is 239 g/mol. The maximum absolute atomic E-state index is 11.2. The minimum atomic E-state index is -0.573. The maximum Gasteiger partial charge on any atom is 0.376 e. The van der Waals surface area contributed by atoms with E-state index in [0.29, 0.717) is 5.82 Å². The molecule has 0 bridgehead atoms. The number of anilines is 1. The van der Waals surface area contributed by atoms with E-state index in [1.165, 1.54) is 13.3 Å². The van der Waals surface area contributed by atoms with Crippen molar-refractivity contribution in [3.63, 3.8) is 0 Å². The van der Waals surface area contributed by atoms with Crippen LogP contribution in [0, 0.1) is 5.92 Å². The quantitative estimate of drug-likeness (QED) is 0.735. The lowest BCUT2D eigenvalue weighted by atomic mass is 10.1. The Bertz CT molecular complexity index is 384. The van der Waals surface area contributed by atoms with Crippen molar-refractivity contribution in [1.29, 1.82) is 0 Å². The standard InChI is InChI=1S/C11H17N3O3/c1-7(6-15)8(2)13-9-4-5-12-10(14-9)11(16)17-3/h4-5,7-8,15H,6H2,1-3H3,(H,12,13,14). The topological polar surface area (TPSA) is 84.3 Å². The highest BCUT2D eigenvalue weighted by molar-refractivity contribution is 5.85. The first kappa shape index (κ1) is 13.4. The number of hydrogen-bond donors (Lipinski definition) is 2. The zero-order valence-electron chi connectivity index (χ0n) is 10.2. The van der Waals surface area contributed by atoms with Gasteiger partial charge in [0.2, 0.25) is 5.82 Å². The van der Waals surface area contributed by atoms with Crippen molar-refractivity contribution in [2.24, 2.45) is 5.92 Å². The second kappa shape index (κ2) is 6.15. The van der Waals surface area contributed by atoms with Crippen LogP contribution in [0.15, 0.2) is 12.3 Å². The van der Waals surface area contributed by atoms with Gasteiger partial charge in [-0.3, -0.25) is 0 Å². The van der Waals surface area contributed by atoms with Crippen LogP contribution in [0.5, 0.6) is 0 Å². The van der Waals surface area contributed by atoms with Gasteiger partial charge in [0, 0.05) is 18.8 Å². The highest BCUT2D eigenvalue weighted by atomic mass is 16.5. The molecule has 1 aromatic rings. The third-order valence-corrected chi connectivity index (χ3v) is 2.54. The van der Waals surface area contributed by atoms with Crippen LogP contribution in [-0.4, -0.2) is 40.8 Å². The second-order valence-electron chi connectivity index (χ2n) is 3.85. The van der Waals surface area contributed by atoms with Gasteiger partial charge in [0.05, 0.1) is 7.11 Å². The molecule has 0 saturated heterocycles. The molecule has 0 spiro atoms. The first-order valence-electron chi connectivity index (χ1n) is 5.37. The van der Waals surface area contributed by atoms with Crippen LogP contribution in [0.25, 0.3) is 0 Å². The van der Waals surface area contributed by atoms with Gasteiger partial charge in [-0.25, -0.2) is 14.8 Å². The molecule has 2 unspecified atom stereocenters. The molecule has 0 amide bonds. The van der Waals surface area contributed by atoms with Crippen LogP contribution in [0.3, 0.4) is 0 Å². The Morgan fingerprint density at radius 3 is 2.88 bits per heavy atom. The summed E-state index contributed by atoms with van der Waals surface area (Å²) >= 11 is 0. The molecule has 0 radical (unpaired) electrons. The predicted octanol–water partition coefficient (Wildman–Crippen LogP) is 0.692. The Kier molecular flexibility index (Phi) is 4.84. The highest BCUT2D eigenvalue weighted by Gasteiger charge is 2.13. The largest absolute Gasteiger partial charge is 0.463 e. The lowest BCUT2D eigenvalue weighted by Crippen LogP contribution is -2.27. The van der Waals surface area contributed by atoms with E-state index in [4.69, 9.17) is 5.11 Å². The van der Waals surface area contributed by atoms with E-state index in [1.54, 1.807) is 6.07 Å². The van der Waals surface area contributed by atoms with Gasteiger partial charge in [0.1, 0.15) is 5.82 Å². The third-order valence-electron chi connectivity index (χ3n) is 2.54. The fourth-order valence-electron chi connectivity index (χ4n) is 1.16. The minimum Gasteiger partial charge on any atom is -0.463 e. The summed E-state index contributed by atoms with van der Waals surface area (Å²) in [4.78, 5) is 19.1. The second-order valence-corrected chi connectivity index (χ2v) is 3.85. The number of methoxy groups -OCH3 is 1. The normalized spacial score (nSPS) is 13.9. The number of nitrogens with zero attached hydrogens (tertiary/aromatic N) is 2. The number of nitrogens with one attached hydrogen (secondary N) is 1. The van der Waals surface area contributed by atoms with Gasteiger partial charge < -0.3 is 15.2 Å². The number of carbonyl (C=O) groups is 1. The lowest BCUT2D eigenvalue weighted by Gasteiger charge is -2.19. The maximum atomic E-state index is 11.2. The summed E-state index contributed by atoms with van der Waals surface area (Å²) in [6.45, 7) is 3.93. The van der Waals surface area contributed by atoms with Gasteiger partial charge in [0.15, 0.2) is 0 Å². The van der Waals surface area contributed by atoms with Gasteiger partial charge in [-0.1, -0.05) is 6.92 Å². The van der Waals surface area contributed by atoms with E-state index in [1.807, 2.05) is 13.8 Å². The number of ether oxygens (including phenoxy) is 1. The summed E-state index contributed by atoms with van der Waals surface area (Å²) in [5.74, 6) is 0.0672. The van der Waals surface area contributed by atoms with Gasteiger partial charge in [-0.2, -0.15) is 0 Å². The van der Waals surface area contributed by atoms with Crippen molar-refractivity contribution in [3.8, 4) is 0 Å². The minimum absolute atomic E-state index is 0.0151. The molecule has 6 heteroatoms. The van der Waals surface area contributed by atoms with Crippen molar-refractivity contribution < 1.29 is 14.6 Å². The number of hydrogen-bond acceptors (Lipinski definition) is 6. The van der Waals surface area contributed by atoms with E-state index in [0.717, 1.165) is 0 Å². The van der Waals surface area contributed by atoms with E-state index in [2.05, 4.69) is 20.0 Å². The van der Waals surface area contributed by atoms with E-state index in [9.17, 15) is 4.79 Å². The van der Waals surface area contributed by atoms with Gasteiger partial charge in [-0.05, 0) is 18.9 Å². The molecule has 6 nitrogen and oxygen atoms in total. The fraction of sp³-hybridized carbons (Fsp3) is 0.545. The monoisotopic (exact) mass is 239 g/mol. The molecular weight excluding hydrogens is 222 g/mol. The molecular formula is C11H17N3O3. The molecule has 0 aliphatic heterocycles. The Morgan fingerprint density at radius 1 is 1.59 bits per heavy atom. The van der Waals surface area contributed by atoms with Crippen molar-refractivity contribution in [3.05, 3.63) is 18.1 Å². The molecule has 0 fully saturated rings. The predicted molar refractivity (Wildman–Crippen MR) is 62.7 cm³/mol. The van der Waals surface area contributed by atoms with Gasteiger partial charge in [-0.15, -0.1) is 0 Å². The number of aromatic nitrogens is 2. The molecule has 1 aromatic heterocycles. The molecule has 0 aliphatic rings. The SMILES string of the molecule is COC(=O)c1nccc(NC(C)C(C)CO)n1. The van der Waals surface area contributed by atoms with Crippen molar-refractivity contribution in [2.75, 3.05) is 19.0 Å². The van der Waals surface area contributed by atoms with Crippen LogP contribution < -0.4 is 5.32 Å². The van der Waals surface area contributed by atoms with Crippen LogP contribution in [-0.2, 0) is 4.74 Å². The molecule has 0 aromatic carbocycles. The highest BCUT2D eigenvalue weighted by Crippen LogP contribution is 2.10. The fourth-order valence-corrected chi connectivity index (χ4v) is 1.16. The van der Waals surface area contributed by atoms with Crippen LogP contribution in [0.1, 0.15) is 24.5 Å². The van der Waals surface area contributed by atoms with Crippen LogP contribution in [0.4, 0.5) is 5.82 Å². The van der Waals surface area contributed by atoms with E-state index in [-0.39, 0.29) is 24.4 Å². The third kappa shape index (κ3) is 3.67. The van der Waals surface area contributed by atoms with Gasteiger partial charge >= 0.3 is 5.97 Å². The lowest BCUT2D eigenvalue weighted by molar-refractivity contribution is 0.0587. The summed E-state index contributed by atoms with van der Waals surface area (Å²) in [5.41, 5.74) is 0. The number of aliphatic hydroxyl groups excluding tert-OH is 1. The zero-order chi connectivity index (χ0) is 12.8. The molecule has 17 heavy (non-hydrogen) atoms. The van der Waals surface area contributed by atoms with Crippen LogP contribution in [0.2, 0.25) is 0 Å². The summed E-state index contributed by atoms with van der Waals surface area (Å²) in [6.07, 6.45) is 1.48. The first-order chi connectivity index (χ1) is 8.08. The Balaban J connectivity index is 2.75. The summed E-state index contributed by atoms with van der Waals surface area (Å²) < 4.78 is 4.53. The van der Waals surface area contributed by atoms with Crippen molar-refractivity contribution in [2.45, 2.75) is 19.9 Å². The Labute approximate surface area is 100 Å². The molecule has 2 N–H and O–H groups in total. The zero-order valence-corrected chi connectivity index (χ0v) is 10.2. The smallest absolute Gasteiger partial charge is 0.376 e. The van der Waals surface area contributed by atoms with E-state index < -0.39 is 5.97 Å². The molecule has 2 atom stereocenters. The number of aliphatic hydroxyl groups is 1. The van der Waals surface area contributed by atoms with Crippen molar-refractivity contribution >= 4 is 11.8 Å². The molecule has 1 heterocycles. The molecule has 0 aliphatic carbocycles. The number of esters is 1. The molecule has 1 rings (SSSR count). The Morgan fingerprint density at radius 2 is 2.29 bits per heavy atom. The van der Waals surface area contributed by atoms with Crippen molar-refractivity contribution in [1.82, 2.24) is 9.97 Å². The number of rotatable bonds is 5. The molecule has 0 saturated carbocycles. The van der Waals surface area contributed by atoms with Crippen LogP contribution >= 0.6 is 0 Å². The summed E-state index contributed by atoms with van der Waals surface area (Å²) in [5, 5.41) is 12.1. The first-order valence-corrected chi connectivity index (χ1v) is 5.37. The number of carbonyl (C=O) groups excluding carboxylic acids is 1. The average Bonchev–Trinajstić information content (AvgIpc) is 2.37. The summed E-state index contributed by atoms with van der Waals surface area (Å²) in [7, 11) is 1.28.